The summed E-state index contributed by atoms with van der Waals surface area (Å²) in [4.78, 5) is 27.4. The molecule has 0 aromatic rings. The molecule has 0 amide bonds. The largest absolute Gasteiger partial charge is 0.492 e. The summed E-state index contributed by atoms with van der Waals surface area (Å²) >= 11 is 0. The van der Waals surface area contributed by atoms with Crippen molar-refractivity contribution in [3.63, 3.8) is 0 Å². The maximum Gasteiger partial charge on any atom is 0.492 e. The van der Waals surface area contributed by atoms with E-state index < -0.39 is 42.6 Å². The molecule has 0 saturated heterocycles. The van der Waals surface area contributed by atoms with Crippen LogP contribution in [0.15, 0.2) is 0 Å². The lowest BCUT2D eigenvalue weighted by Gasteiger charge is -2.43. The van der Waals surface area contributed by atoms with Crippen LogP contribution >= 0.6 is 0 Å². The Kier molecular flexibility index (Phi) is 17.1. The van der Waals surface area contributed by atoms with E-state index in [4.69, 9.17) is 26.7 Å². The second kappa shape index (κ2) is 16.7. The highest BCUT2D eigenvalue weighted by Crippen LogP contribution is 2.32. The molecule has 6 nitrogen and oxygen atoms in total. The van der Waals surface area contributed by atoms with Gasteiger partial charge in [0.25, 0.3) is 0 Å². The minimum Gasteiger partial charge on any atom is -0.437 e. The zero-order valence-corrected chi connectivity index (χ0v) is 29.7. The van der Waals surface area contributed by atoms with Gasteiger partial charge in [-0.15, -0.1) is 0 Å². The van der Waals surface area contributed by atoms with Crippen LogP contribution in [0.3, 0.4) is 0 Å². The zero-order valence-electron chi connectivity index (χ0n) is 24.7. The third-order valence-corrected chi connectivity index (χ3v) is 21.2. The maximum absolute atomic E-state index is 9.13. The molecule has 0 rings (SSSR count). The number of unbranched alkanes of at least 4 members (excludes halogenated alkanes) is 10. The highest BCUT2D eigenvalue weighted by Gasteiger charge is 2.46. The molecular weight excluding hydrogens is 525 g/mol. The Morgan fingerprint density at radius 3 is 1.06 bits per heavy atom. The van der Waals surface area contributed by atoms with E-state index in [-0.39, 0.29) is 6.04 Å². The topological polar surface area (TPSA) is 88.4 Å². The first-order valence-electron chi connectivity index (χ1n) is 14.2. The van der Waals surface area contributed by atoms with Gasteiger partial charge in [-0.25, -0.2) is 0 Å². The molecule has 0 heterocycles. The van der Waals surface area contributed by atoms with Crippen molar-refractivity contribution in [2.24, 2.45) is 0 Å². The molecule has 35 heavy (non-hydrogen) atoms. The Morgan fingerprint density at radius 1 is 0.429 bits per heavy atom. The first-order valence-corrected chi connectivity index (χ1v) is 28.1. The maximum atomic E-state index is 9.13. The molecule has 212 valence electrons. The summed E-state index contributed by atoms with van der Waals surface area (Å²) in [5.74, 6) is 0. The molecule has 2 atom stereocenters. The highest BCUT2D eigenvalue weighted by molar-refractivity contribution is 6.89. The average Bonchev–Trinajstić information content (AvgIpc) is 2.62. The molecule has 0 aromatic heterocycles. The normalized spacial score (nSPS) is 16.8. The van der Waals surface area contributed by atoms with Crippen LogP contribution < -0.4 is 0 Å². The molecule has 0 radical (unpaired) electrons. The van der Waals surface area contributed by atoms with Gasteiger partial charge in [0, 0.05) is 6.04 Å². The second-order valence-corrected chi connectivity index (χ2v) is 31.2. The van der Waals surface area contributed by atoms with E-state index in [9.17, 15) is 0 Å². The van der Waals surface area contributed by atoms with Crippen molar-refractivity contribution in [3.8, 4) is 0 Å². The lowest BCUT2D eigenvalue weighted by molar-refractivity contribution is 0.226. The smallest absolute Gasteiger partial charge is 0.437 e. The Morgan fingerprint density at radius 2 is 0.743 bits per heavy atom. The molecular formula is C24H60O6Si5. The average molecular weight is 585 g/mol. The SMILES string of the molecule is CCCCCCCC[Si](C)(O[Si](C)(C)C)O[Si](C)(CCCCCCCC[Si](O)(O)O)O[Si](C)(C)C. The van der Waals surface area contributed by atoms with Crippen molar-refractivity contribution in [2.45, 2.75) is 154 Å². The summed E-state index contributed by atoms with van der Waals surface area (Å²) in [5.41, 5.74) is 0. The van der Waals surface area contributed by atoms with Crippen LogP contribution in [0.2, 0.25) is 70.5 Å². The van der Waals surface area contributed by atoms with E-state index in [1.165, 1.54) is 38.5 Å². The lowest BCUT2D eigenvalue weighted by atomic mass is 10.1. The van der Waals surface area contributed by atoms with E-state index in [0.717, 1.165) is 44.2 Å². The summed E-state index contributed by atoms with van der Waals surface area (Å²) in [5, 5.41) is 0. The van der Waals surface area contributed by atoms with Crippen LogP contribution in [0.5, 0.6) is 0 Å². The molecule has 0 aliphatic carbocycles. The van der Waals surface area contributed by atoms with Crippen molar-refractivity contribution in [1.82, 2.24) is 0 Å². The van der Waals surface area contributed by atoms with Gasteiger partial charge in [0.2, 0.25) is 0 Å². The van der Waals surface area contributed by atoms with E-state index in [1.54, 1.807) is 0 Å². The van der Waals surface area contributed by atoms with Crippen molar-refractivity contribution >= 4 is 42.6 Å². The molecule has 2 unspecified atom stereocenters. The fourth-order valence-electron chi connectivity index (χ4n) is 4.74. The molecule has 0 spiro atoms. The van der Waals surface area contributed by atoms with Crippen LogP contribution in [-0.4, -0.2) is 56.9 Å². The Labute approximate surface area is 223 Å². The Bertz CT molecular complexity index is 550. The number of hydrogen-bond donors (Lipinski definition) is 3. The fraction of sp³-hybridized carbons (Fsp3) is 1.00. The predicted octanol–water partition coefficient (Wildman–Crippen LogP) is 7.47. The van der Waals surface area contributed by atoms with Gasteiger partial charge in [0.15, 0.2) is 16.6 Å². The number of rotatable bonds is 22. The van der Waals surface area contributed by atoms with Gasteiger partial charge in [0.05, 0.1) is 0 Å². The molecule has 0 aromatic carbocycles. The second-order valence-electron chi connectivity index (χ2n) is 12.7. The molecule has 11 heteroatoms. The van der Waals surface area contributed by atoms with Crippen LogP contribution in [-0.2, 0) is 12.3 Å². The molecule has 0 bridgehead atoms. The first-order chi connectivity index (χ1) is 15.9. The van der Waals surface area contributed by atoms with Gasteiger partial charge in [-0.1, -0.05) is 77.6 Å². The Hall–Kier alpha value is 0.844. The van der Waals surface area contributed by atoms with Gasteiger partial charge in [-0.2, -0.15) is 0 Å². The number of hydrogen-bond acceptors (Lipinski definition) is 6. The van der Waals surface area contributed by atoms with Gasteiger partial charge >= 0.3 is 25.9 Å². The van der Waals surface area contributed by atoms with Crippen molar-refractivity contribution < 1.29 is 26.7 Å². The van der Waals surface area contributed by atoms with Gasteiger partial charge in [0.1, 0.15) is 0 Å². The van der Waals surface area contributed by atoms with Crippen LogP contribution in [0.1, 0.15) is 84.0 Å². The lowest BCUT2D eigenvalue weighted by Crippen LogP contribution is -2.58. The summed E-state index contributed by atoms with van der Waals surface area (Å²) < 4.78 is 20.8. The van der Waals surface area contributed by atoms with Crippen LogP contribution in [0.25, 0.3) is 0 Å². The Balaban J connectivity index is 4.98. The zero-order chi connectivity index (χ0) is 27.2. The van der Waals surface area contributed by atoms with Gasteiger partial charge < -0.3 is 26.7 Å². The summed E-state index contributed by atoms with van der Waals surface area (Å²) in [7, 11) is -12.1. The molecule has 0 aliphatic heterocycles. The molecule has 0 aliphatic rings. The summed E-state index contributed by atoms with van der Waals surface area (Å²) in [6.45, 7) is 20.5. The third-order valence-electron chi connectivity index (χ3n) is 5.85. The standard InChI is InChI=1S/C24H60O6Si5/c1-10-11-12-13-16-19-22-33(8,28-31(2,3)4)30-34(9,29-32(5,6)7)23-20-17-14-15-18-21-24-35(25,26)27/h25-27H,10-24H2,1-9H3. The first kappa shape index (κ1) is 35.8. The third kappa shape index (κ3) is 22.5. The molecule has 0 fully saturated rings. The van der Waals surface area contributed by atoms with Crippen LogP contribution in [0, 0.1) is 0 Å². The van der Waals surface area contributed by atoms with Crippen molar-refractivity contribution in [2.75, 3.05) is 0 Å². The van der Waals surface area contributed by atoms with E-state index >= 15 is 0 Å². The van der Waals surface area contributed by atoms with Crippen molar-refractivity contribution in [1.29, 1.82) is 0 Å². The molecule has 3 N–H and O–H groups in total. The summed E-state index contributed by atoms with van der Waals surface area (Å²) in [6.07, 6.45) is 13.7. The fourth-order valence-corrected chi connectivity index (χ4v) is 24.0. The summed E-state index contributed by atoms with van der Waals surface area (Å²) in [6, 6.07) is 2.21. The minimum absolute atomic E-state index is 0.148. The highest BCUT2D eigenvalue weighted by atomic mass is 28.5. The van der Waals surface area contributed by atoms with Gasteiger partial charge in [-0.3, -0.25) is 0 Å². The predicted molar refractivity (Wildman–Crippen MR) is 161 cm³/mol. The van der Waals surface area contributed by atoms with Crippen LogP contribution in [0.4, 0.5) is 0 Å². The van der Waals surface area contributed by atoms with Gasteiger partial charge in [-0.05, 0) is 70.9 Å². The quantitative estimate of drug-likeness (QED) is 0.0903. The van der Waals surface area contributed by atoms with Crippen molar-refractivity contribution in [3.05, 3.63) is 0 Å². The monoisotopic (exact) mass is 584 g/mol. The van der Waals surface area contributed by atoms with E-state index in [1.807, 2.05) is 0 Å². The van der Waals surface area contributed by atoms with E-state index in [0.29, 0.717) is 6.42 Å². The minimum atomic E-state index is -3.87. The molecule has 0 saturated carbocycles. The van der Waals surface area contributed by atoms with E-state index in [2.05, 4.69) is 59.3 Å².